The molecule has 1 rings (SSSR count). The van der Waals surface area contributed by atoms with Crippen LogP contribution in [-0.2, 0) is 11.4 Å². The summed E-state index contributed by atoms with van der Waals surface area (Å²) in [6, 6.07) is 0. The van der Waals surface area contributed by atoms with Crippen LogP contribution in [0.5, 0.6) is 0 Å². The number of nitrogens with two attached hydrogens (primary N) is 1. The number of primary amides is 1. The zero-order valence-electron chi connectivity index (χ0n) is 6.07. The Morgan fingerprint density at radius 1 is 1.83 bits per heavy atom. The minimum absolute atomic E-state index is 0.0596. The number of carbonyl (C=O) groups is 1. The summed E-state index contributed by atoms with van der Waals surface area (Å²) in [6.07, 6.45) is 1.51. The van der Waals surface area contributed by atoms with Crippen molar-refractivity contribution in [2.45, 2.75) is 6.61 Å². The van der Waals surface area contributed by atoms with Crippen molar-refractivity contribution in [3.63, 3.8) is 0 Å². The molecule has 0 aromatic carbocycles. The zero-order chi connectivity index (χ0) is 8.97. The molecule has 0 radical (unpaired) electrons. The first-order valence-electron chi connectivity index (χ1n) is 3.09. The van der Waals surface area contributed by atoms with Gasteiger partial charge in [-0.25, -0.2) is 4.98 Å². The zero-order valence-corrected chi connectivity index (χ0v) is 6.89. The predicted molar refractivity (Wildman–Crippen MR) is 44.1 cm³/mol. The number of carbonyl (C=O) groups excluding carboxylic acids is 1. The van der Waals surface area contributed by atoms with E-state index in [1.165, 1.54) is 17.5 Å². The van der Waals surface area contributed by atoms with Gasteiger partial charge in [0.1, 0.15) is 0 Å². The fourth-order valence-corrected chi connectivity index (χ4v) is 1.18. The first-order valence-corrected chi connectivity index (χ1v) is 3.91. The van der Waals surface area contributed by atoms with E-state index in [1.54, 1.807) is 0 Å². The molecule has 5 heteroatoms. The lowest BCUT2D eigenvalue weighted by Gasteiger charge is -1.78. The fraction of sp³-hybridized carbons (Fsp3) is 0.143. The largest absolute Gasteiger partial charge is 0.391 e. The van der Waals surface area contributed by atoms with E-state index in [2.05, 4.69) is 16.8 Å². The summed E-state index contributed by atoms with van der Waals surface area (Å²) in [4.78, 5) is 14.8. The van der Waals surface area contributed by atoms with Crippen LogP contribution in [0.15, 0.2) is 6.20 Å². The maximum Gasteiger partial charge on any atom is 0.293 e. The van der Waals surface area contributed by atoms with E-state index < -0.39 is 5.91 Å². The number of hydrogen-bond donors (Lipinski definition) is 2. The number of aliphatic hydroxyl groups is 1. The van der Waals surface area contributed by atoms with Crippen LogP contribution in [0.3, 0.4) is 0 Å². The van der Waals surface area contributed by atoms with E-state index in [4.69, 9.17) is 10.8 Å². The van der Waals surface area contributed by atoms with E-state index in [0.29, 0.717) is 9.88 Å². The summed E-state index contributed by atoms with van der Waals surface area (Å²) in [5, 5.41) is 9.14. The number of hydrogen-bond acceptors (Lipinski definition) is 4. The van der Waals surface area contributed by atoms with Crippen LogP contribution < -0.4 is 5.73 Å². The van der Waals surface area contributed by atoms with Gasteiger partial charge in [-0.3, -0.25) is 4.79 Å². The molecule has 0 aliphatic rings. The molecule has 1 heterocycles. The molecular weight excluding hydrogens is 176 g/mol. The highest BCUT2D eigenvalue weighted by atomic mass is 32.1. The minimum Gasteiger partial charge on any atom is -0.391 e. The number of rotatable bonds is 1. The molecule has 0 atom stereocenters. The Morgan fingerprint density at radius 2 is 2.58 bits per heavy atom. The predicted octanol–water partition coefficient (Wildman–Crippen LogP) is -0.528. The van der Waals surface area contributed by atoms with Crippen molar-refractivity contribution >= 4 is 17.2 Å². The summed E-state index contributed by atoms with van der Waals surface area (Å²) in [5.74, 6) is 3.94. The van der Waals surface area contributed by atoms with Gasteiger partial charge in [-0.15, -0.1) is 11.3 Å². The van der Waals surface area contributed by atoms with Crippen LogP contribution in [-0.4, -0.2) is 16.0 Å². The smallest absolute Gasteiger partial charge is 0.293 e. The first-order chi connectivity index (χ1) is 5.72. The van der Waals surface area contributed by atoms with Crippen LogP contribution in [0.2, 0.25) is 0 Å². The third-order valence-corrected chi connectivity index (χ3v) is 1.90. The monoisotopic (exact) mass is 182 g/mol. The topological polar surface area (TPSA) is 76.2 Å². The van der Waals surface area contributed by atoms with Gasteiger partial charge in [0.05, 0.1) is 11.5 Å². The van der Waals surface area contributed by atoms with Crippen molar-refractivity contribution in [1.82, 2.24) is 4.98 Å². The molecule has 4 nitrogen and oxygen atoms in total. The van der Waals surface area contributed by atoms with E-state index in [0.717, 1.165) is 0 Å². The molecule has 0 saturated heterocycles. The van der Waals surface area contributed by atoms with Gasteiger partial charge < -0.3 is 10.8 Å². The van der Waals surface area contributed by atoms with Gasteiger partial charge >= 0.3 is 0 Å². The van der Waals surface area contributed by atoms with Crippen molar-refractivity contribution in [1.29, 1.82) is 0 Å². The molecule has 62 valence electrons. The number of amides is 1. The normalized spacial score (nSPS) is 8.75. The highest BCUT2D eigenvalue weighted by Gasteiger charge is 1.96. The van der Waals surface area contributed by atoms with Crippen LogP contribution >= 0.6 is 11.3 Å². The molecule has 0 aliphatic carbocycles. The van der Waals surface area contributed by atoms with Gasteiger partial charge in [-0.05, 0) is 5.92 Å². The van der Waals surface area contributed by atoms with Crippen molar-refractivity contribution in [3.8, 4) is 11.8 Å². The molecule has 0 unspecified atom stereocenters. The van der Waals surface area contributed by atoms with Crippen molar-refractivity contribution in [3.05, 3.63) is 16.1 Å². The molecule has 1 amide bonds. The number of aliphatic hydroxyl groups excluding tert-OH is 1. The first kappa shape index (κ1) is 8.71. The van der Waals surface area contributed by atoms with Gasteiger partial charge in [0.25, 0.3) is 5.91 Å². The van der Waals surface area contributed by atoms with Crippen LogP contribution in [0.4, 0.5) is 0 Å². The lowest BCUT2D eigenvalue weighted by molar-refractivity contribution is -0.112. The summed E-state index contributed by atoms with van der Waals surface area (Å²) in [6.45, 7) is -0.0596. The molecular formula is C7H6N2O2S. The summed E-state index contributed by atoms with van der Waals surface area (Å²) >= 11 is 1.23. The SMILES string of the molecule is NC(=O)C#Cc1ncc(CO)s1. The van der Waals surface area contributed by atoms with Crippen molar-refractivity contribution in [2.75, 3.05) is 0 Å². The molecule has 0 fully saturated rings. The van der Waals surface area contributed by atoms with Crippen molar-refractivity contribution < 1.29 is 9.90 Å². The van der Waals surface area contributed by atoms with E-state index in [-0.39, 0.29) is 6.61 Å². The second kappa shape index (κ2) is 3.85. The molecule has 12 heavy (non-hydrogen) atoms. The quantitative estimate of drug-likeness (QED) is 0.573. The van der Waals surface area contributed by atoms with Gasteiger partial charge in [-0.2, -0.15) is 0 Å². The maximum absolute atomic E-state index is 10.2. The van der Waals surface area contributed by atoms with E-state index in [9.17, 15) is 4.79 Å². The number of nitrogens with zero attached hydrogens (tertiary/aromatic N) is 1. The third kappa shape index (κ3) is 2.34. The number of thiazole rings is 1. The lowest BCUT2D eigenvalue weighted by atomic mass is 10.5. The van der Waals surface area contributed by atoms with Gasteiger partial charge in [0, 0.05) is 12.1 Å². The summed E-state index contributed by atoms with van der Waals surface area (Å²) in [7, 11) is 0. The Hall–Kier alpha value is -1.38. The summed E-state index contributed by atoms with van der Waals surface area (Å²) in [5.41, 5.74) is 4.79. The Labute approximate surface area is 73.0 Å². The summed E-state index contributed by atoms with van der Waals surface area (Å²) < 4.78 is 0. The Balaban J connectivity index is 2.78. The average molecular weight is 182 g/mol. The van der Waals surface area contributed by atoms with Gasteiger partial charge in [0.2, 0.25) is 0 Å². The van der Waals surface area contributed by atoms with Gasteiger partial charge in [-0.1, -0.05) is 0 Å². The highest BCUT2D eigenvalue weighted by molar-refractivity contribution is 7.12. The van der Waals surface area contributed by atoms with Gasteiger partial charge in [0.15, 0.2) is 5.01 Å². The Bertz CT molecular complexity index is 348. The van der Waals surface area contributed by atoms with Crippen molar-refractivity contribution in [2.24, 2.45) is 5.73 Å². The average Bonchev–Trinajstić information content (AvgIpc) is 2.48. The molecule has 1 aromatic heterocycles. The minimum atomic E-state index is -0.684. The van der Waals surface area contributed by atoms with E-state index in [1.807, 2.05) is 0 Å². The molecule has 0 spiro atoms. The highest BCUT2D eigenvalue weighted by Crippen LogP contribution is 2.10. The second-order valence-corrected chi connectivity index (χ2v) is 3.02. The maximum atomic E-state index is 10.2. The molecule has 0 saturated carbocycles. The third-order valence-electron chi connectivity index (χ3n) is 1.00. The number of aromatic nitrogens is 1. The molecule has 3 N–H and O–H groups in total. The Morgan fingerprint density at radius 3 is 3.08 bits per heavy atom. The Kier molecular flexibility index (Phi) is 2.80. The van der Waals surface area contributed by atoms with Crippen LogP contribution in [0, 0.1) is 11.8 Å². The van der Waals surface area contributed by atoms with E-state index >= 15 is 0 Å². The molecule has 0 aliphatic heterocycles. The standard InChI is InChI=1S/C7H6N2O2S/c8-6(11)1-2-7-9-3-5(4-10)12-7/h3,10H,4H2,(H2,8,11). The van der Waals surface area contributed by atoms with Crippen LogP contribution in [0.25, 0.3) is 0 Å². The van der Waals surface area contributed by atoms with Crippen LogP contribution in [0.1, 0.15) is 9.88 Å². The lowest BCUT2D eigenvalue weighted by Crippen LogP contribution is -2.06. The molecule has 1 aromatic rings. The second-order valence-electron chi connectivity index (χ2n) is 1.90. The fourth-order valence-electron chi connectivity index (χ4n) is 0.553. The molecule has 0 bridgehead atoms.